The summed E-state index contributed by atoms with van der Waals surface area (Å²) in [7, 11) is -3.06. The summed E-state index contributed by atoms with van der Waals surface area (Å²) < 4.78 is 27.6. The average molecular weight is 286 g/mol. The van der Waals surface area contributed by atoms with Gasteiger partial charge >= 0.3 is 0 Å². The van der Waals surface area contributed by atoms with Gasteiger partial charge in [-0.2, -0.15) is 4.31 Å². The standard InChI is InChI=1S/C14H26N2O2S/c17-19(18,12-6-2-1-3-7-12)16-11-5-9-14(16)13-8-4-10-15-13/h12-15H,1-11H2. The van der Waals surface area contributed by atoms with E-state index in [4.69, 9.17) is 0 Å². The van der Waals surface area contributed by atoms with Crippen molar-refractivity contribution < 1.29 is 8.42 Å². The Morgan fingerprint density at radius 1 is 0.895 bits per heavy atom. The molecule has 3 rings (SSSR count). The van der Waals surface area contributed by atoms with Crippen molar-refractivity contribution in [1.29, 1.82) is 0 Å². The van der Waals surface area contributed by atoms with Crippen molar-refractivity contribution in [3.63, 3.8) is 0 Å². The number of nitrogens with zero attached hydrogens (tertiary/aromatic N) is 1. The van der Waals surface area contributed by atoms with Gasteiger partial charge in [0.05, 0.1) is 5.25 Å². The van der Waals surface area contributed by atoms with Crippen molar-refractivity contribution in [2.24, 2.45) is 0 Å². The number of sulfonamides is 1. The second-order valence-electron chi connectivity index (χ2n) is 6.33. The fourth-order valence-corrected chi connectivity index (χ4v) is 6.40. The number of nitrogens with one attached hydrogen (secondary N) is 1. The maximum Gasteiger partial charge on any atom is 0.217 e. The largest absolute Gasteiger partial charge is 0.312 e. The van der Waals surface area contributed by atoms with Crippen molar-refractivity contribution >= 4 is 10.0 Å². The van der Waals surface area contributed by atoms with E-state index in [1.54, 1.807) is 0 Å². The van der Waals surface area contributed by atoms with Crippen LogP contribution in [0.2, 0.25) is 0 Å². The Kier molecular flexibility index (Phi) is 4.15. The minimum atomic E-state index is -3.06. The molecule has 1 aliphatic carbocycles. The van der Waals surface area contributed by atoms with Crippen LogP contribution < -0.4 is 5.32 Å². The molecule has 1 saturated carbocycles. The fraction of sp³-hybridized carbons (Fsp3) is 1.00. The Bertz CT molecular complexity index is 398. The van der Waals surface area contributed by atoms with E-state index in [2.05, 4.69) is 5.32 Å². The van der Waals surface area contributed by atoms with Gasteiger partial charge < -0.3 is 5.32 Å². The summed E-state index contributed by atoms with van der Waals surface area (Å²) in [6.45, 7) is 1.81. The molecular formula is C14H26N2O2S. The first-order valence-electron chi connectivity index (χ1n) is 7.93. The highest BCUT2D eigenvalue weighted by Crippen LogP contribution is 2.33. The zero-order valence-corrected chi connectivity index (χ0v) is 12.5. The first kappa shape index (κ1) is 13.8. The van der Waals surface area contributed by atoms with Crippen LogP contribution in [0.25, 0.3) is 0 Å². The van der Waals surface area contributed by atoms with Crippen molar-refractivity contribution in [3.8, 4) is 0 Å². The molecule has 0 aromatic heterocycles. The number of hydrogen-bond acceptors (Lipinski definition) is 3. The summed E-state index contributed by atoms with van der Waals surface area (Å²) >= 11 is 0. The van der Waals surface area contributed by atoms with Gasteiger partial charge in [-0.05, 0) is 45.1 Å². The lowest BCUT2D eigenvalue weighted by atomic mass is 10.0. The van der Waals surface area contributed by atoms with Crippen molar-refractivity contribution in [1.82, 2.24) is 9.62 Å². The molecule has 5 heteroatoms. The summed E-state index contributed by atoms with van der Waals surface area (Å²) in [5.74, 6) is 0. The highest BCUT2D eigenvalue weighted by molar-refractivity contribution is 7.89. The van der Waals surface area contributed by atoms with Gasteiger partial charge in [0.2, 0.25) is 10.0 Å². The zero-order chi connectivity index (χ0) is 13.3. The Morgan fingerprint density at radius 3 is 2.37 bits per heavy atom. The molecular weight excluding hydrogens is 260 g/mol. The van der Waals surface area contributed by atoms with Crippen molar-refractivity contribution in [2.45, 2.75) is 75.1 Å². The van der Waals surface area contributed by atoms with Crippen LogP contribution in [0.15, 0.2) is 0 Å². The van der Waals surface area contributed by atoms with Crippen LogP contribution in [0.5, 0.6) is 0 Å². The van der Waals surface area contributed by atoms with Gasteiger partial charge in [0, 0.05) is 18.6 Å². The molecule has 2 unspecified atom stereocenters. The summed E-state index contributed by atoms with van der Waals surface area (Å²) in [4.78, 5) is 0. The molecule has 0 amide bonds. The van der Waals surface area contributed by atoms with Crippen LogP contribution in [-0.2, 0) is 10.0 Å². The molecule has 19 heavy (non-hydrogen) atoms. The van der Waals surface area contributed by atoms with E-state index in [-0.39, 0.29) is 11.3 Å². The lowest BCUT2D eigenvalue weighted by Crippen LogP contribution is -2.49. The molecule has 2 aliphatic heterocycles. The van der Waals surface area contributed by atoms with Gasteiger partial charge in [-0.1, -0.05) is 19.3 Å². The van der Waals surface area contributed by atoms with Crippen LogP contribution in [0.3, 0.4) is 0 Å². The van der Waals surface area contributed by atoms with E-state index in [1.807, 2.05) is 4.31 Å². The first-order chi connectivity index (χ1) is 9.19. The van der Waals surface area contributed by atoms with Gasteiger partial charge in [-0.25, -0.2) is 8.42 Å². The quantitative estimate of drug-likeness (QED) is 0.861. The normalized spacial score (nSPS) is 34.9. The van der Waals surface area contributed by atoms with Gasteiger partial charge in [0.25, 0.3) is 0 Å². The van der Waals surface area contributed by atoms with E-state index in [0.29, 0.717) is 6.04 Å². The zero-order valence-electron chi connectivity index (χ0n) is 11.7. The van der Waals surface area contributed by atoms with E-state index >= 15 is 0 Å². The summed E-state index contributed by atoms with van der Waals surface area (Å²) in [6, 6.07) is 0.635. The Labute approximate surface area is 117 Å². The molecule has 2 saturated heterocycles. The van der Waals surface area contributed by atoms with Gasteiger partial charge in [0.15, 0.2) is 0 Å². The molecule has 3 aliphatic rings. The fourth-order valence-electron chi connectivity index (χ4n) is 4.08. The Balaban J connectivity index is 1.74. The lowest BCUT2D eigenvalue weighted by Gasteiger charge is -2.33. The monoisotopic (exact) mass is 286 g/mol. The molecule has 0 bridgehead atoms. The van der Waals surface area contributed by atoms with Crippen LogP contribution >= 0.6 is 0 Å². The third kappa shape index (κ3) is 2.69. The van der Waals surface area contributed by atoms with E-state index in [1.165, 1.54) is 12.8 Å². The third-order valence-electron chi connectivity index (χ3n) is 5.11. The highest BCUT2D eigenvalue weighted by atomic mass is 32.2. The van der Waals surface area contributed by atoms with Crippen molar-refractivity contribution in [3.05, 3.63) is 0 Å². The molecule has 0 aromatic rings. The minimum Gasteiger partial charge on any atom is -0.312 e. The lowest BCUT2D eigenvalue weighted by molar-refractivity contribution is 0.313. The second-order valence-corrected chi connectivity index (χ2v) is 8.49. The van der Waals surface area contributed by atoms with Crippen LogP contribution in [-0.4, -0.2) is 43.1 Å². The third-order valence-corrected chi connectivity index (χ3v) is 7.53. The van der Waals surface area contributed by atoms with E-state index < -0.39 is 10.0 Å². The highest BCUT2D eigenvalue weighted by Gasteiger charge is 2.42. The van der Waals surface area contributed by atoms with E-state index in [0.717, 1.165) is 58.0 Å². The molecule has 2 heterocycles. The predicted molar refractivity (Wildman–Crippen MR) is 76.5 cm³/mol. The summed E-state index contributed by atoms with van der Waals surface area (Å²) in [5.41, 5.74) is 0. The number of hydrogen-bond donors (Lipinski definition) is 1. The Morgan fingerprint density at radius 2 is 1.68 bits per heavy atom. The Hall–Kier alpha value is -0.130. The van der Waals surface area contributed by atoms with Crippen LogP contribution in [0.4, 0.5) is 0 Å². The summed E-state index contributed by atoms with van der Waals surface area (Å²) in [5, 5.41) is 3.40. The molecule has 3 fully saturated rings. The number of rotatable bonds is 3. The van der Waals surface area contributed by atoms with Gasteiger partial charge in [-0.3, -0.25) is 0 Å². The SMILES string of the molecule is O=S(=O)(C1CCCCC1)N1CCCC1C1CCCN1. The molecule has 0 spiro atoms. The first-order valence-corrected chi connectivity index (χ1v) is 9.44. The second kappa shape index (κ2) is 5.70. The molecule has 110 valence electrons. The van der Waals surface area contributed by atoms with Crippen LogP contribution in [0, 0.1) is 0 Å². The van der Waals surface area contributed by atoms with Crippen molar-refractivity contribution in [2.75, 3.05) is 13.1 Å². The van der Waals surface area contributed by atoms with Crippen LogP contribution in [0.1, 0.15) is 57.8 Å². The molecule has 0 aromatic carbocycles. The maximum atomic E-state index is 12.9. The topological polar surface area (TPSA) is 49.4 Å². The molecule has 0 radical (unpaired) electrons. The molecule has 4 nitrogen and oxygen atoms in total. The smallest absolute Gasteiger partial charge is 0.217 e. The van der Waals surface area contributed by atoms with Gasteiger partial charge in [0.1, 0.15) is 0 Å². The molecule has 2 atom stereocenters. The maximum absolute atomic E-state index is 12.9. The molecule has 1 N–H and O–H groups in total. The minimum absolute atomic E-state index is 0.0942. The average Bonchev–Trinajstić information content (AvgIpc) is 3.10. The van der Waals surface area contributed by atoms with E-state index in [9.17, 15) is 8.42 Å². The van der Waals surface area contributed by atoms with Gasteiger partial charge in [-0.15, -0.1) is 0 Å². The predicted octanol–water partition coefficient (Wildman–Crippen LogP) is 1.87. The summed E-state index contributed by atoms with van der Waals surface area (Å²) in [6.07, 6.45) is 9.55.